The van der Waals surface area contributed by atoms with Crippen LogP contribution in [0.4, 0.5) is 0 Å². The van der Waals surface area contributed by atoms with Crippen LogP contribution in [0.5, 0.6) is 0 Å². The molecule has 1 aliphatic heterocycles. The molecule has 0 spiro atoms. The van der Waals surface area contributed by atoms with E-state index in [4.69, 9.17) is 0 Å². The Morgan fingerprint density at radius 2 is 1.94 bits per heavy atom. The van der Waals surface area contributed by atoms with E-state index in [-0.39, 0.29) is 0 Å². The van der Waals surface area contributed by atoms with E-state index < -0.39 is 0 Å². The Morgan fingerprint density at radius 1 is 1.25 bits per heavy atom. The van der Waals surface area contributed by atoms with Gasteiger partial charge in [-0.1, -0.05) is 27.2 Å². The Morgan fingerprint density at radius 3 is 2.50 bits per heavy atom. The molecule has 0 bridgehead atoms. The summed E-state index contributed by atoms with van der Waals surface area (Å²) in [6.45, 7) is 14.1. The molecule has 1 N–H and O–H groups in total. The van der Waals surface area contributed by atoms with E-state index >= 15 is 0 Å². The average molecular weight is 226 g/mol. The molecule has 0 aromatic carbocycles. The van der Waals surface area contributed by atoms with Gasteiger partial charge in [-0.15, -0.1) is 0 Å². The lowest BCUT2D eigenvalue weighted by atomic mass is 9.98. The Balaban J connectivity index is 2.65. The van der Waals surface area contributed by atoms with Gasteiger partial charge in [-0.2, -0.15) is 0 Å². The fraction of sp³-hybridized carbons (Fsp3) is 1.00. The molecule has 2 nitrogen and oxygen atoms in total. The summed E-state index contributed by atoms with van der Waals surface area (Å²) in [6, 6.07) is 2.14. The van der Waals surface area contributed by atoms with E-state index in [0.717, 1.165) is 18.0 Å². The number of rotatable bonds is 4. The van der Waals surface area contributed by atoms with Gasteiger partial charge in [0.15, 0.2) is 0 Å². The Kier molecular flexibility index (Phi) is 5.77. The molecule has 2 heteroatoms. The highest BCUT2D eigenvalue weighted by atomic mass is 15.2. The number of hydrogen-bond acceptors (Lipinski definition) is 2. The van der Waals surface area contributed by atoms with Crippen molar-refractivity contribution < 1.29 is 0 Å². The zero-order valence-electron chi connectivity index (χ0n) is 11.8. The Hall–Kier alpha value is -0.0800. The second-order valence-electron chi connectivity index (χ2n) is 5.54. The van der Waals surface area contributed by atoms with Gasteiger partial charge in [0.25, 0.3) is 0 Å². The topological polar surface area (TPSA) is 15.3 Å². The van der Waals surface area contributed by atoms with Crippen molar-refractivity contribution in [1.82, 2.24) is 10.2 Å². The molecule has 96 valence electrons. The summed E-state index contributed by atoms with van der Waals surface area (Å²) < 4.78 is 0. The van der Waals surface area contributed by atoms with Gasteiger partial charge < -0.3 is 5.32 Å². The Labute approximate surface area is 102 Å². The van der Waals surface area contributed by atoms with Crippen molar-refractivity contribution >= 4 is 0 Å². The lowest BCUT2D eigenvalue weighted by molar-refractivity contribution is 0.136. The van der Waals surface area contributed by atoms with Crippen LogP contribution in [-0.2, 0) is 0 Å². The average Bonchev–Trinajstić information content (AvgIpc) is 2.49. The molecule has 0 aromatic rings. The minimum atomic E-state index is 0.684. The maximum absolute atomic E-state index is 3.73. The molecule has 0 radical (unpaired) electrons. The van der Waals surface area contributed by atoms with E-state index in [1.54, 1.807) is 0 Å². The largest absolute Gasteiger partial charge is 0.312 e. The fourth-order valence-electron chi connectivity index (χ4n) is 2.63. The van der Waals surface area contributed by atoms with Gasteiger partial charge in [-0.05, 0) is 39.2 Å². The molecule has 0 saturated carbocycles. The Bertz CT molecular complexity index is 193. The third-order valence-corrected chi connectivity index (χ3v) is 4.43. The second-order valence-corrected chi connectivity index (χ2v) is 5.54. The van der Waals surface area contributed by atoms with Crippen LogP contribution in [0.25, 0.3) is 0 Å². The molecule has 1 aliphatic rings. The monoisotopic (exact) mass is 226 g/mol. The third-order valence-electron chi connectivity index (χ3n) is 4.43. The van der Waals surface area contributed by atoms with Crippen LogP contribution >= 0.6 is 0 Å². The molecule has 4 atom stereocenters. The van der Waals surface area contributed by atoms with E-state index in [1.807, 2.05) is 0 Å². The van der Waals surface area contributed by atoms with E-state index in [9.17, 15) is 0 Å². The first-order valence-corrected chi connectivity index (χ1v) is 7.09. The van der Waals surface area contributed by atoms with Gasteiger partial charge in [-0.3, -0.25) is 4.90 Å². The van der Waals surface area contributed by atoms with E-state index in [0.29, 0.717) is 6.04 Å². The lowest BCUT2D eigenvalue weighted by Crippen LogP contribution is -2.46. The summed E-state index contributed by atoms with van der Waals surface area (Å²) in [6.07, 6.45) is 3.83. The molecule has 4 unspecified atom stereocenters. The number of hydrogen-bond donors (Lipinski definition) is 1. The molecule has 1 heterocycles. The normalized spacial score (nSPS) is 32.1. The molecular formula is C14H30N2. The predicted molar refractivity (Wildman–Crippen MR) is 71.8 cm³/mol. The summed E-state index contributed by atoms with van der Waals surface area (Å²) in [7, 11) is 0. The lowest BCUT2D eigenvalue weighted by Gasteiger charge is -2.35. The van der Waals surface area contributed by atoms with Crippen molar-refractivity contribution in [1.29, 1.82) is 0 Å². The smallest absolute Gasteiger partial charge is 0.0220 e. The minimum Gasteiger partial charge on any atom is -0.312 e. The first-order valence-electron chi connectivity index (χ1n) is 7.09. The summed E-state index contributed by atoms with van der Waals surface area (Å²) in [5, 5.41) is 3.73. The first kappa shape index (κ1) is 14.0. The molecule has 0 amide bonds. The zero-order valence-corrected chi connectivity index (χ0v) is 11.8. The molecule has 0 aliphatic carbocycles. The minimum absolute atomic E-state index is 0.684. The summed E-state index contributed by atoms with van der Waals surface area (Å²) >= 11 is 0. The van der Waals surface area contributed by atoms with Crippen LogP contribution < -0.4 is 5.32 Å². The summed E-state index contributed by atoms with van der Waals surface area (Å²) in [5.41, 5.74) is 0. The van der Waals surface area contributed by atoms with Crippen LogP contribution in [0.15, 0.2) is 0 Å². The predicted octanol–water partition coefficient (Wildman–Crippen LogP) is 2.88. The van der Waals surface area contributed by atoms with Gasteiger partial charge in [-0.25, -0.2) is 0 Å². The number of nitrogens with one attached hydrogen (secondary N) is 1. The third kappa shape index (κ3) is 3.46. The van der Waals surface area contributed by atoms with Gasteiger partial charge in [0.1, 0.15) is 0 Å². The number of nitrogens with zero attached hydrogens (tertiary/aromatic N) is 1. The summed E-state index contributed by atoms with van der Waals surface area (Å²) in [4.78, 5) is 2.71. The van der Waals surface area contributed by atoms with Crippen molar-refractivity contribution in [3.8, 4) is 0 Å². The van der Waals surface area contributed by atoms with Crippen LogP contribution in [0.1, 0.15) is 53.9 Å². The van der Waals surface area contributed by atoms with Crippen molar-refractivity contribution in [2.75, 3.05) is 13.1 Å². The molecule has 1 saturated heterocycles. The molecule has 1 fully saturated rings. The molecule has 1 rings (SSSR count). The van der Waals surface area contributed by atoms with Crippen molar-refractivity contribution in [3.05, 3.63) is 0 Å². The SMILES string of the molecule is CCC(C)C1CN(C(C)CC)C(C)CCN1. The van der Waals surface area contributed by atoms with Gasteiger partial charge in [0, 0.05) is 24.7 Å². The maximum Gasteiger partial charge on any atom is 0.0220 e. The van der Waals surface area contributed by atoms with Crippen LogP contribution in [0, 0.1) is 5.92 Å². The van der Waals surface area contributed by atoms with Gasteiger partial charge in [0.05, 0.1) is 0 Å². The van der Waals surface area contributed by atoms with Crippen LogP contribution in [0.2, 0.25) is 0 Å². The van der Waals surface area contributed by atoms with Gasteiger partial charge >= 0.3 is 0 Å². The van der Waals surface area contributed by atoms with E-state index in [1.165, 1.54) is 32.4 Å². The molecule has 16 heavy (non-hydrogen) atoms. The first-order chi connectivity index (χ1) is 7.60. The zero-order chi connectivity index (χ0) is 12.1. The molecule has 0 aromatic heterocycles. The maximum atomic E-state index is 3.73. The summed E-state index contributed by atoms with van der Waals surface area (Å²) in [5.74, 6) is 0.789. The van der Waals surface area contributed by atoms with Crippen LogP contribution in [-0.4, -0.2) is 36.1 Å². The van der Waals surface area contributed by atoms with Crippen LogP contribution in [0.3, 0.4) is 0 Å². The fourth-order valence-corrected chi connectivity index (χ4v) is 2.63. The highest BCUT2D eigenvalue weighted by molar-refractivity contribution is 4.85. The van der Waals surface area contributed by atoms with Crippen molar-refractivity contribution in [2.45, 2.75) is 72.0 Å². The van der Waals surface area contributed by atoms with Crippen molar-refractivity contribution in [2.24, 2.45) is 5.92 Å². The second kappa shape index (κ2) is 6.61. The quantitative estimate of drug-likeness (QED) is 0.793. The van der Waals surface area contributed by atoms with Gasteiger partial charge in [0.2, 0.25) is 0 Å². The highest BCUT2D eigenvalue weighted by Gasteiger charge is 2.27. The van der Waals surface area contributed by atoms with E-state index in [2.05, 4.69) is 44.8 Å². The highest BCUT2D eigenvalue weighted by Crippen LogP contribution is 2.19. The standard InChI is InChI=1S/C14H30N2/c1-6-11(3)14-10-16(12(4)7-2)13(5)8-9-15-14/h11-15H,6-10H2,1-5H3. The molecular weight excluding hydrogens is 196 g/mol. The van der Waals surface area contributed by atoms with Crippen molar-refractivity contribution in [3.63, 3.8) is 0 Å².